The zero-order valence-corrected chi connectivity index (χ0v) is 30.2. The number of amides is 2. The van der Waals surface area contributed by atoms with Gasteiger partial charge in [0, 0.05) is 76.5 Å². The molecule has 12 heteroatoms. The molecule has 280 valence electrons. The van der Waals surface area contributed by atoms with Crippen molar-refractivity contribution in [1.82, 2.24) is 20.2 Å². The molecule has 3 aromatic carbocycles. The van der Waals surface area contributed by atoms with Gasteiger partial charge in [0.1, 0.15) is 0 Å². The van der Waals surface area contributed by atoms with Crippen LogP contribution in [-0.2, 0) is 32.2 Å². The predicted molar refractivity (Wildman–Crippen MR) is 205 cm³/mol. The molecule has 3 atom stereocenters. The molecule has 4 aromatic rings. The number of aromatic nitrogens is 2. The first-order valence-corrected chi connectivity index (χ1v) is 18.7. The van der Waals surface area contributed by atoms with Gasteiger partial charge in [0.05, 0.1) is 30.2 Å². The average molecular weight is 722 g/mol. The SMILES string of the molecule is Nc1ccccc1NC(=O)CCCCCCC(=O)NCc1ccc([C@@H]2O[C@H](CN3CCN(c4ncccn4)CC3)C[C@H](c3ccc(CO)cc3)O2)cc1. The van der Waals surface area contributed by atoms with Crippen molar-refractivity contribution in [3.63, 3.8) is 0 Å². The molecule has 2 amide bonds. The molecule has 0 unspecified atom stereocenters. The lowest BCUT2D eigenvalue weighted by molar-refractivity contribution is -0.253. The van der Waals surface area contributed by atoms with Gasteiger partial charge in [-0.2, -0.15) is 0 Å². The molecule has 6 rings (SSSR count). The highest BCUT2D eigenvalue weighted by Gasteiger charge is 2.34. The van der Waals surface area contributed by atoms with Gasteiger partial charge in [0.2, 0.25) is 17.8 Å². The number of piperazine rings is 1. The largest absolute Gasteiger partial charge is 0.397 e. The van der Waals surface area contributed by atoms with Crippen molar-refractivity contribution in [2.45, 2.75) is 76.6 Å². The smallest absolute Gasteiger partial charge is 0.225 e. The van der Waals surface area contributed by atoms with Crippen molar-refractivity contribution in [2.24, 2.45) is 0 Å². The number of nitrogen functional groups attached to an aromatic ring is 1. The summed E-state index contributed by atoms with van der Waals surface area (Å²) in [6, 6.07) is 25.1. The van der Waals surface area contributed by atoms with Crippen molar-refractivity contribution >= 4 is 29.1 Å². The number of unbranched alkanes of at least 4 members (excludes halogenated alkanes) is 3. The fraction of sp³-hybridized carbons (Fsp3) is 0.415. The number of nitrogens with two attached hydrogens (primary N) is 1. The summed E-state index contributed by atoms with van der Waals surface area (Å²) in [6.07, 6.45) is 7.73. The van der Waals surface area contributed by atoms with Crippen LogP contribution in [-0.4, -0.2) is 70.6 Å². The summed E-state index contributed by atoms with van der Waals surface area (Å²) < 4.78 is 13.2. The number of hydrogen-bond acceptors (Lipinski definition) is 10. The van der Waals surface area contributed by atoms with Crippen LogP contribution in [0.5, 0.6) is 0 Å². The van der Waals surface area contributed by atoms with E-state index in [9.17, 15) is 14.7 Å². The third-order valence-corrected chi connectivity index (χ3v) is 9.82. The Balaban J connectivity index is 0.950. The molecule has 2 aliphatic rings. The second kappa shape index (κ2) is 19.3. The lowest BCUT2D eigenvalue weighted by atomic mass is 9.99. The van der Waals surface area contributed by atoms with Crippen LogP contribution >= 0.6 is 0 Å². The third kappa shape index (κ3) is 11.3. The van der Waals surface area contributed by atoms with Gasteiger partial charge in [-0.25, -0.2) is 9.97 Å². The topological polar surface area (TPSA) is 155 Å². The van der Waals surface area contributed by atoms with Gasteiger partial charge in [0.15, 0.2) is 6.29 Å². The summed E-state index contributed by atoms with van der Waals surface area (Å²) in [6.45, 7) is 4.73. The van der Waals surface area contributed by atoms with Gasteiger partial charge in [-0.05, 0) is 47.7 Å². The quantitative estimate of drug-likeness (QED) is 0.0860. The summed E-state index contributed by atoms with van der Waals surface area (Å²) in [4.78, 5) is 38.2. The second-order valence-corrected chi connectivity index (χ2v) is 13.8. The van der Waals surface area contributed by atoms with Crippen molar-refractivity contribution in [3.8, 4) is 0 Å². The van der Waals surface area contributed by atoms with Gasteiger partial charge in [0.25, 0.3) is 0 Å². The Labute approximate surface area is 311 Å². The fourth-order valence-corrected chi connectivity index (χ4v) is 6.74. The summed E-state index contributed by atoms with van der Waals surface area (Å²) in [7, 11) is 0. The monoisotopic (exact) mass is 721 g/mol. The number of rotatable bonds is 16. The van der Waals surface area contributed by atoms with E-state index in [2.05, 4.69) is 30.4 Å². The van der Waals surface area contributed by atoms with E-state index in [1.54, 1.807) is 24.5 Å². The standard InChI is InChI=1S/C41H51N7O5/c42-35-8-5-6-9-36(35)46-39(51)11-4-2-1-3-10-38(50)45-27-30-12-18-33(19-13-30)40-52-34(26-37(53-40)32-16-14-31(29-49)15-17-32)28-47-22-24-48(25-23-47)41-43-20-7-21-44-41/h5-9,12-21,34,37,40,49H,1-4,10-11,22-29,42H2,(H,45,50)(H,46,51)/t34-,37+,40+/m0/s1. The number of benzene rings is 3. The van der Waals surface area contributed by atoms with E-state index in [1.807, 2.05) is 66.7 Å². The Morgan fingerprint density at radius 3 is 2.13 bits per heavy atom. The fourth-order valence-electron chi connectivity index (χ4n) is 6.74. The highest BCUT2D eigenvalue weighted by molar-refractivity contribution is 5.93. The number of nitrogens with zero attached hydrogens (tertiary/aromatic N) is 4. The summed E-state index contributed by atoms with van der Waals surface area (Å²) in [5.41, 5.74) is 10.9. The number of carbonyl (C=O) groups excluding carboxylic acids is 2. The van der Waals surface area contributed by atoms with Crippen LogP contribution in [0, 0.1) is 0 Å². The molecule has 3 heterocycles. The third-order valence-electron chi connectivity index (χ3n) is 9.82. The highest BCUT2D eigenvalue weighted by Crippen LogP contribution is 2.38. The van der Waals surface area contributed by atoms with Crippen LogP contribution < -0.4 is 21.3 Å². The van der Waals surface area contributed by atoms with Crippen molar-refractivity contribution in [2.75, 3.05) is 48.7 Å². The van der Waals surface area contributed by atoms with Gasteiger partial charge >= 0.3 is 0 Å². The Morgan fingerprint density at radius 1 is 0.774 bits per heavy atom. The normalized spacial score (nSPS) is 19.1. The maximum absolute atomic E-state index is 12.6. The maximum Gasteiger partial charge on any atom is 0.225 e. The Hall–Kier alpha value is -4.88. The van der Waals surface area contributed by atoms with E-state index in [4.69, 9.17) is 15.2 Å². The molecule has 0 spiro atoms. The molecular formula is C41H51N7O5. The maximum atomic E-state index is 12.6. The number of aliphatic hydroxyl groups excluding tert-OH is 1. The van der Waals surface area contributed by atoms with E-state index in [0.29, 0.717) is 30.8 Å². The van der Waals surface area contributed by atoms with E-state index in [-0.39, 0.29) is 30.6 Å². The first-order valence-electron chi connectivity index (χ1n) is 18.7. The van der Waals surface area contributed by atoms with Crippen LogP contribution in [0.3, 0.4) is 0 Å². The molecule has 53 heavy (non-hydrogen) atoms. The van der Waals surface area contributed by atoms with Gasteiger partial charge in [-0.1, -0.05) is 73.5 Å². The molecule has 0 saturated carbocycles. The second-order valence-electron chi connectivity index (χ2n) is 13.8. The number of hydrogen-bond donors (Lipinski definition) is 4. The minimum absolute atomic E-state index is 0.000949. The zero-order valence-electron chi connectivity index (χ0n) is 30.2. The van der Waals surface area contributed by atoms with Gasteiger partial charge < -0.3 is 35.8 Å². The molecule has 2 fully saturated rings. The molecular weight excluding hydrogens is 670 g/mol. The number of aliphatic hydroxyl groups is 1. The van der Waals surface area contributed by atoms with E-state index in [1.165, 1.54) is 0 Å². The molecule has 1 aromatic heterocycles. The minimum Gasteiger partial charge on any atom is -0.397 e. The predicted octanol–water partition coefficient (Wildman–Crippen LogP) is 5.51. The van der Waals surface area contributed by atoms with Crippen molar-refractivity contribution < 1.29 is 24.2 Å². The summed E-state index contributed by atoms with van der Waals surface area (Å²) in [5.74, 6) is 0.733. The molecule has 0 bridgehead atoms. The number of nitrogens with one attached hydrogen (secondary N) is 2. The lowest BCUT2D eigenvalue weighted by Crippen LogP contribution is -2.50. The number of anilines is 3. The first-order chi connectivity index (χ1) is 25.9. The molecule has 0 aliphatic carbocycles. The van der Waals surface area contributed by atoms with Crippen LogP contribution in [0.1, 0.15) is 79.6 Å². The van der Waals surface area contributed by atoms with Crippen LogP contribution in [0.4, 0.5) is 17.3 Å². The minimum atomic E-state index is -0.540. The highest BCUT2D eigenvalue weighted by atomic mass is 16.7. The van der Waals surface area contributed by atoms with E-state index < -0.39 is 6.29 Å². The molecule has 5 N–H and O–H groups in total. The molecule has 12 nitrogen and oxygen atoms in total. The van der Waals surface area contributed by atoms with Crippen LogP contribution in [0.15, 0.2) is 91.3 Å². The Morgan fingerprint density at radius 2 is 1.43 bits per heavy atom. The van der Waals surface area contributed by atoms with E-state index in [0.717, 1.165) is 93.0 Å². The summed E-state index contributed by atoms with van der Waals surface area (Å²) in [5, 5.41) is 15.4. The van der Waals surface area contributed by atoms with Crippen LogP contribution in [0.25, 0.3) is 0 Å². The lowest BCUT2D eigenvalue weighted by Gasteiger charge is -2.40. The molecule has 0 radical (unpaired) electrons. The van der Waals surface area contributed by atoms with Crippen molar-refractivity contribution in [1.29, 1.82) is 0 Å². The number of ether oxygens (including phenoxy) is 2. The Kier molecular flexibility index (Phi) is 13.8. The zero-order chi connectivity index (χ0) is 36.8. The van der Waals surface area contributed by atoms with E-state index >= 15 is 0 Å². The summed E-state index contributed by atoms with van der Waals surface area (Å²) >= 11 is 0. The number of carbonyl (C=O) groups is 2. The van der Waals surface area contributed by atoms with Gasteiger partial charge in [-0.3, -0.25) is 14.5 Å². The van der Waals surface area contributed by atoms with Crippen LogP contribution in [0.2, 0.25) is 0 Å². The average Bonchev–Trinajstić information content (AvgIpc) is 3.20. The number of para-hydroxylation sites is 2. The molecule has 2 saturated heterocycles. The molecule has 2 aliphatic heterocycles. The van der Waals surface area contributed by atoms with Gasteiger partial charge in [-0.15, -0.1) is 0 Å². The first kappa shape index (κ1) is 37.9. The Bertz CT molecular complexity index is 1730. The van der Waals surface area contributed by atoms with Crippen molar-refractivity contribution in [3.05, 3.63) is 114 Å².